The van der Waals surface area contributed by atoms with E-state index < -0.39 is 30.8 Å². The number of halogens is 4. The summed E-state index contributed by atoms with van der Waals surface area (Å²) in [5.74, 6) is -2.01. The molecule has 1 heterocycles. The minimum absolute atomic E-state index is 0.113. The standard InChI is InChI=1S/C7H10F4N2O/c8-4-1-5(2-12)13(3-4)6(14)7(9,10)11/h4-5H,1-3,12H2/t4-,5-/m0/s1. The molecule has 2 atom stereocenters. The Balaban J connectivity index is 2.72. The largest absolute Gasteiger partial charge is 0.471 e. The second-order valence-electron chi connectivity index (χ2n) is 3.18. The molecule has 1 rings (SSSR count). The third-order valence-electron chi connectivity index (χ3n) is 2.14. The van der Waals surface area contributed by atoms with Gasteiger partial charge in [-0.2, -0.15) is 13.2 Å². The summed E-state index contributed by atoms with van der Waals surface area (Å²) in [5.41, 5.74) is 5.14. The van der Waals surface area contributed by atoms with Gasteiger partial charge in [0, 0.05) is 19.0 Å². The maximum atomic E-state index is 12.7. The van der Waals surface area contributed by atoms with E-state index in [9.17, 15) is 22.4 Å². The molecule has 14 heavy (non-hydrogen) atoms. The van der Waals surface area contributed by atoms with Gasteiger partial charge >= 0.3 is 12.1 Å². The van der Waals surface area contributed by atoms with Crippen molar-refractivity contribution in [3.05, 3.63) is 0 Å². The predicted octanol–water partition coefficient (Wildman–Crippen LogP) is 0.446. The molecule has 0 radical (unpaired) electrons. The van der Waals surface area contributed by atoms with Crippen molar-refractivity contribution in [3.8, 4) is 0 Å². The highest BCUT2D eigenvalue weighted by atomic mass is 19.4. The first-order valence-electron chi connectivity index (χ1n) is 4.08. The minimum Gasteiger partial charge on any atom is -0.328 e. The van der Waals surface area contributed by atoms with Crippen LogP contribution < -0.4 is 5.73 Å². The van der Waals surface area contributed by atoms with Gasteiger partial charge < -0.3 is 10.6 Å². The number of nitrogens with zero attached hydrogens (tertiary/aromatic N) is 1. The zero-order valence-electron chi connectivity index (χ0n) is 7.22. The van der Waals surface area contributed by atoms with Crippen molar-refractivity contribution in [2.45, 2.75) is 24.8 Å². The molecule has 0 aromatic rings. The van der Waals surface area contributed by atoms with Crippen LogP contribution in [0.25, 0.3) is 0 Å². The van der Waals surface area contributed by atoms with Gasteiger partial charge in [0.05, 0.1) is 6.54 Å². The van der Waals surface area contributed by atoms with Crippen molar-refractivity contribution in [2.75, 3.05) is 13.1 Å². The normalized spacial score (nSPS) is 28.2. The molecule has 1 saturated heterocycles. The van der Waals surface area contributed by atoms with E-state index in [1.807, 2.05) is 0 Å². The summed E-state index contributed by atoms with van der Waals surface area (Å²) in [4.78, 5) is 11.2. The first-order valence-corrected chi connectivity index (χ1v) is 4.08. The molecule has 0 unspecified atom stereocenters. The molecule has 0 aromatic heterocycles. The van der Waals surface area contributed by atoms with E-state index in [0.717, 1.165) is 0 Å². The minimum atomic E-state index is -4.95. The van der Waals surface area contributed by atoms with Gasteiger partial charge in [-0.25, -0.2) is 4.39 Å². The van der Waals surface area contributed by atoms with Gasteiger partial charge in [-0.15, -0.1) is 0 Å². The van der Waals surface area contributed by atoms with Gasteiger partial charge in [0.1, 0.15) is 6.17 Å². The van der Waals surface area contributed by atoms with Crippen molar-refractivity contribution < 1.29 is 22.4 Å². The molecule has 0 spiro atoms. The molecule has 3 nitrogen and oxygen atoms in total. The Bertz CT molecular complexity index is 230. The van der Waals surface area contributed by atoms with Crippen LogP contribution in [0.1, 0.15) is 6.42 Å². The number of nitrogens with two attached hydrogens (primary N) is 1. The van der Waals surface area contributed by atoms with Gasteiger partial charge in [-0.3, -0.25) is 4.79 Å². The first kappa shape index (κ1) is 11.2. The van der Waals surface area contributed by atoms with E-state index in [0.29, 0.717) is 4.90 Å². The molecule has 1 aliphatic rings. The van der Waals surface area contributed by atoms with Crippen LogP contribution in [-0.2, 0) is 4.79 Å². The lowest BCUT2D eigenvalue weighted by Crippen LogP contribution is -2.46. The Kier molecular flexibility index (Phi) is 2.98. The number of hydrogen-bond acceptors (Lipinski definition) is 2. The first-order chi connectivity index (χ1) is 6.36. The summed E-state index contributed by atoms with van der Waals surface area (Å²) in [6.07, 6.45) is -6.47. The molecule has 0 bridgehead atoms. The maximum Gasteiger partial charge on any atom is 0.471 e. The molecule has 82 valence electrons. The molecular weight excluding hydrogens is 204 g/mol. The van der Waals surface area contributed by atoms with Crippen LogP contribution in [0.3, 0.4) is 0 Å². The van der Waals surface area contributed by atoms with Crippen LogP contribution in [-0.4, -0.2) is 42.3 Å². The van der Waals surface area contributed by atoms with Crippen molar-refractivity contribution in [1.29, 1.82) is 0 Å². The Morgan fingerprint density at radius 2 is 2.07 bits per heavy atom. The topological polar surface area (TPSA) is 46.3 Å². The summed E-state index contributed by atoms with van der Waals surface area (Å²) in [6.45, 7) is -0.664. The maximum absolute atomic E-state index is 12.7. The fraction of sp³-hybridized carbons (Fsp3) is 0.857. The average molecular weight is 214 g/mol. The number of hydrogen-bond donors (Lipinski definition) is 1. The molecule has 1 aliphatic heterocycles. The van der Waals surface area contributed by atoms with Crippen molar-refractivity contribution in [2.24, 2.45) is 5.73 Å². The van der Waals surface area contributed by atoms with Gasteiger partial charge in [0.2, 0.25) is 0 Å². The lowest BCUT2D eigenvalue weighted by Gasteiger charge is -2.23. The number of amides is 1. The van der Waals surface area contributed by atoms with Crippen LogP contribution in [0.4, 0.5) is 17.6 Å². The summed E-state index contributed by atoms with van der Waals surface area (Å²) in [7, 11) is 0. The van der Waals surface area contributed by atoms with E-state index >= 15 is 0 Å². The number of carbonyl (C=O) groups is 1. The summed E-state index contributed by atoms with van der Waals surface area (Å²) < 4.78 is 48.7. The number of likely N-dealkylation sites (tertiary alicyclic amines) is 1. The molecule has 1 fully saturated rings. The molecule has 2 N–H and O–H groups in total. The van der Waals surface area contributed by atoms with Gasteiger partial charge in [0.15, 0.2) is 0 Å². The molecule has 1 amide bonds. The Morgan fingerprint density at radius 3 is 2.50 bits per heavy atom. The van der Waals surface area contributed by atoms with E-state index in [1.165, 1.54) is 0 Å². The van der Waals surface area contributed by atoms with Gasteiger partial charge in [0.25, 0.3) is 0 Å². The third kappa shape index (κ3) is 2.14. The van der Waals surface area contributed by atoms with Crippen LogP contribution in [0.5, 0.6) is 0 Å². The van der Waals surface area contributed by atoms with E-state index in [2.05, 4.69) is 0 Å². The fourth-order valence-corrected chi connectivity index (χ4v) is 1.49. The number of alkyl halides is 4. The highest BCUT2D eigenvalue weighted by molar-refractivity contribution is 5.82. The lowest BCUT2D eigenvalue weighted by atomic mass is 10.2. The van der Waals surface area contributed by atoms with Crippen molar-refractivity contribution >= 4 is 5.91 Å². The highest BCUT2D eigenvalue weighted by Gasteiger charge is 2.47. The van der Waals surface area contributed by atoms with Crippen LogP contribution in [0.2, 0.25) is 0 Å². The van der Waals surface area contributed by atoms with Gasteiger partial charge in [-0.05, 0) is 0 Å². The smallest absolute Gasteiger partial charge is 0.328 e. The SMILES string of the molecule is NC[C@@H]1C[C@H](F)CN1C(=O)C(F)(F)F. The molecule has 0 aliphatic carbocycles. The quantitative estimate of drug-likeness (QED) is 0.644. The van der Waals surface area contributed by atoms with E-state index in [1.54, 1.807) is 0 Å². The second-order valence-corrected chi connectivity index (χ2v) is 3.18. The zero-order valence-corrected chi connectivity index (χ0v) is 7.22. The summed E-state index contributed by atoms with van der Waals surface area (Å²) in [5, 5.41) is 0. The fourth-order valence-electron chi connectivity index (χ4n) is 1.49. The summed E-state index contributed by atoms with van der Waals surface area (Å²) in [6, 6.07) is -0.834. The lowest BCUT2D eigenvalue weighted by molar-refractivity contribution is -0.186. The van der Waals surface area contributed by atoms with Crippen molar-refractivity contribution in [3.63, 3.8) is 0 Å². The van der Waals surface area contributed by atoms with E-state index in [-0.39, 0.29) is 13.0 Å². The Morgan fingerprint density at radius 1 is 1.50 bits per heavy atom. The summed E-state index contributed by atoms with van der Waals surface area (Å²) >= 11 is 0. The Hall–Kier alpha value is -0.850. The Labute approximate surface area is 77.8 Å². The molecule has 0 aromatic carbocycles. The number of carbonyl (C=O) groups excluding carboxylic acids is 1. The highest BCUT2D eigenvalue weighted by Crippen LogP contribution is 2.26. The van der Waals surface area contributed by atoms with Gasteiger partial charge in [-0.1, -0.05) is 0 Å². The third-order valence-corrected chi connectivity index (χ3v) is 2.14. The average Bonchev–Trinajstić information content (AvgIpc) is 2.43. The predicted molar refractivity (Wildman–Crippen MR) is 40.1 cm³/mol. The zero-order chi connectivity index (χ0) is 10.9. The monoisotopic (exact) mass is 214 g/mol. The molecular formula is C7H10F4N2O. The van der Waals surface area contributed by atoms with Crippen LogP contribution >= 0.6 is 0 Å². The van der Waals surface area contributed by atoms with Crippen molar-refractivity contribution in [1.82, 2.24) is 4.90 Å². The molecule has 7 heteroatoms. The molecule has 0 saturated carbocycles. The van der Waals surface area contributed by atoms with Crippen LogP contribution in [0.15, 0.2) is 0 Å². The van der Waals surface area contributed by atoms with E-state index in [4.69, 9.17) is 5.73 Å². The number of rotatable bonds is 1. The second kappa shape index (κ2) is 3.72. The van der Waals surface area contributed by atoms with Crippen LogP contribution in [0, 0.1) is 0 Å².